The average molecular weight is 360 g/mol. The molecule has 1 aromatic carbocycles. The van der Waals surface area contributed by atoms with E-state index in [9.17, 15) is 12.8 Å². The van der Waals surface area contributed by atoms with Crippen LogP contribution >= 0.6 is 11.6 Å². The maximum Gasteiger partial charge on any atom is 0.316 e. The molecule has 0 atom stereocenters. The summed E-state index contributed by atoms with van der Waals surface area (Å²) in [6.45, 7) is 5.46. The van der Waals surface area contributed by atoms with Gasteiger partial charge in [0.2, 0.25) is 0 Å². The van der Waals surface area contributed by atoms with Crippen LogP contribution in [-0.2, 0) is 10.0 Å². The molecule has 0 fully saturated rings. The maximum absolute atomic E-state index is 13.2. The van der Waals surface area contributed by atoms with E-state index in [-0.39, 0.29) is 21.6 Å². The van der Waals surface area contributed by atoms with Gasteiger partial charge in [-0.3, -0.25) is 4.72 Å². The van der Waals surface area contributed by atoms with Gasteiger partial charge in [-0.05, 0) is 39.0 Å². The third kappa shape index (κ3) is 3.89. The quantitative estimate of drug-likeness (QED) is 0.887. The van der Waals surface area contributed by atoms with Crippen LogP contribution in [-0.4, -0.2) is 25.0 Å². The van der Waals surface area contributed by atoms with E-state index in [1.807, 2.05) is 0 Å². The minimum absolute atomic E-state index is 0.156. The molecule has 0 aliphatic rings. The molecule has 0 aliphatic carbocycles. The Morgan fingerprint density at radius 1 is 1.26 bits per heavy atom. The third-order valence-electron chi connectivity index (χ3n) is 2.96. The van der Waals surface area contributed by atoms with E-state index in [4.69, 9.17) is 16.3 Å². The van der Waals surface area contributed by atoms with E-state index < -0.39 is 15.8 Å². The Morgan fingerprint density at radius 2 is 1.87 bits per heavy atom. The third-order valence-corrected chi connectivity index (χ3v) is 4.60. The Hall–Kier alpha value is -1.93. The van der Waals surface area contributed by atoms with Crippen molar-refractivity contribution in [2.45, 2.75) is 25.7 Å². The summed E-state index contributed by atoms with van der Waals surface area (Å²) in [6, 6.07) is 3.34. The Labute approximate surface area is 138 Å². The number of benzene rings is 1. The minimum Gasteiger partial charge on any atom is -0.464 e. The molecule has 6 nitrogen and oxygen atoms in total. The van der Waals surface area contributed by atoms with Gasteiger partial charge in [-0.25, -0.2) is 12.8 Å². The second-order valence-corrected chi connectivity index (χ2v) is 6.76. The van der Waals surface area contributed by atoms with Crippen LogP contribution in [0.2, 0.25) is 5.02 Å². The molecule has 0 amide bonds. The van der Waals surface area contributed by atoms with E-state index in [0.717, 1.165) is 18.2 Å². The predicted octanol–water partition coefficient (Wildman–Crippen LogP) is 3.09. The number of aromatic nitrogens is 2. The largest absolute Gasteiger partial charge is 0.464 e. The number of aryl methyl sites for hydroxylation is 2. The van der Waals surface area contributed by atoms with Gasteiger partial charge in [-0.1, -0.05) is 11.6 Å². The van der Waals surface area contributed by atoms with Crippen molar-refractivity contribution in [3.05, 3.63) is 40.4 Å². The second-order valence-electron chi connectivity index (χ2n) is 4.67. The summed E-state index contributed by atoms with van der Waals surface area (Å²) in [6.07, 6.45) is 0. The molecule has 1 N–H and O–H groups in total. The van der Waals surface area contributed by atoms with Crippen molar-refractivity contribution in [2.24, 2.45) is 0 Å². The van der Waals surface area contributed by atoms with Crippen LogP contribution in [0.3, 0.4) is 0 Å². The van der Waals surface area contributed by atoms with Crippen molar-refractivity contribution >= 4 is 27.3 Å². The van der Waals surface area contributed by atoms with Crippen molar-refractivity contribution in [1.29, 1.82) is 0 Å². The molecule has 0 bridgehead atoms. The first kappa shape index (κ1) is 17.4. The molecule has 0 saturated carbocycles. The summed E-state index contributed by atoms with van der Waals surface area (Å²) in [5.74, 6) is -0.692. The van der Waals surface area contributed by atoms with Crippen LogP contribution < -0.4 is 9.46 Å². The number of sulfonamides is 1. The van der Waals surface area contributed by atoms with E-state index in [0.29, 0.717) is 18.0 Å². The standard InChI is InChI=1S/C14H15ClFN3O3S/c1-4-22-14-17-8(2)13(9(3)18-14)19-23(20,21)10-5-6-12(16)11(15)7-10/h5-7,19H,4H2,1-3H3. The number of ether oxygens (including phenoxy) is 1. The smallest absolute Gasteiger partial charge is 0.316 e. The van der Waals surface area contributed by atoms with Gasteiger partial charge in [0.25, 0.3) is 10.0 Å². The molecule has 0 radical (unpaired) electrons. The fourth-order valence-electron chi connectivity index (χ4n) is 1.86. The molecule has 124 valence electrons. The van der Waals surface area contributed by atoms with Gasteiger partial charge >= 0.3 is 6.01 Å². The molecule has 0 saturated heterocycles. The molecule has 1 aromatic heterocycles. The van der Waals surface area contributed by atoms with Crippen molar-refractivity contribution in [2.75, 3.05) is 11.3 Å². The molecule has 23 heavy (non-hydrogen) atoms. The van der Waals surface area contributed by atoms with Crippen molar-refractivity contribution in [3.8, 4) is 6.01 Å². The minimum atomic E-state index is -3.94. The first-order valence-corrected chi connectivity index (χ1v) is 8.56. The summed E-state index contributed by atoms with van der Waals surface area (Å²) >= 11 is 5.63. The predicted molar refractivity (Wildman–Crippen MR) is 84.9 cm³/mol. The molecule has 2 rings (SSSR count). The van der Waals surface area contributed by atoms with Crippen molar-refractivity contribution in [1.82, 2.24) is 9.97 Å². The summed E-state index contributed by atoms with van der Waals surface area (Å²) in [5, 5.41) is -0.274. The molecule has 1 heterocycles. The highest BCUT2D eigenvalue weighted by Crippen LogP contribution is 2.25. The second kappa shape index (κ2) is 6.67. The molecule has 0 aliphatic heterocycles. The highest BCUT2D eigenvalue weighted by Gasteiger charge is 2.20. The summed E-state index contributed by atoms with van der Waals surface area (Å²) in [4.78, 5) is 8.02. The van der Waals surface area contributed by atoms with E-state index in [1.165, 1.54) is 0 Å². The maximum atomic E-state index is 13.2. The zero-order valence-corrected chi connectivity index (χ0v) is 14.3. The summed E-state index contributed by atoms with van der Waals surface area (Å²) < 4.78 is 45.6. The van der Waals surface area contributed by atoms with Gasteiger partial charge in [0.05, 0.1) is 33.6 Å². The normalized spacial score (nSPS) is 11.3. The monoisotopic (exact) mass is 359 g/mol. The number of hydrogen-bond acceptors (Lipinski definition) is 5. The Balaban J connectivity index is 2.39. The summed E-state index contributed by atoms with van der Waals surface area (Å²) in [7, 11) is -3.94. The Bertz CT molecular complexity index is 820. The number of nitrogens with zero attached hydrogens (tertiary/aromatic N) is 2. The van der Waals surface area contributed by atoms with E-state index in [1.54, 1.807) is 20.8 Å². The first-order chi connectivity index (χ1) is 10.7. The van der Waals surface area contributed by atoms with Crippen molar-refractivity contribution in [3.63, 3.8) is 0 Å². The van der Waals surface area contributed by atoms with Gasteiger partial charge in [-0.15, -0.1) is 0 Å². The SMILES string of the molecule is CCOc1nc(C)c(NS(=O)(=O)c2ccc(F)c(Cl)c2)c(C)n1. The van der Waals surface area contributed by atoms with Gasteiger partial charge in [0.15, 0.2) is 0 Å². The highest BCUT2D eigenvalue weighted by molar-refractivity contribution is 7.92. The van der Waals surface area contributed by atoms with Crippen LogP contribution in [0.1, 0.15) is 18.3 Å². The van der Waals surface area contributed by atoms with Crippen molar-refractivity contribution < 1.29 is 17.5 Å². The lowest BCUT2D eigenvalue weighted by Crippen LogP contribution is -2.16. The molecule has 2 aromatic rings. The zero-order chi connectivity index (χ0) is 17.2. The van der Waals surface area contributed by atoms with E-state index >= 15 is 0 Å². The number of rotatable bonds is 5. The zero-order valence-electron chi connectivity index (χ0n) is 12.7. The summed E-state index contributed by atoms with van der Waals surface area (Å²) in [5.41, 5.74) is 1.07. The van der Waals surface area contributed by atoms with Crippen LogP contribution in [0, 0.1) is 19.7 Å². The lowest BCUT2D eigenvalue weighted by molar-refractivity contribution is 0.311. The van der Waals surface area contributed by atoms with Gasteiger partial charge < -0.3 is 4.74 Å². The van der Waals surface area contributed by atoms with E-state index in [2.05, 4.69) is 14.7 Å². The number of hydrogen-bond donors (Lipinski definition) is 1. The van der Waals surface area contributed by atoms with Gasteiger partial charge in [0.1, 0.15) is 5.82 Å². The number of halogens is 2. The molecular weight excluding hydrogens is 345 g/mol. The van der Waals surface area contributed by atoms with Gasteiger partial charge in [-0.2, -0.15) is 9.97 Å². The molecule has 0 unspecified atom stereocenters. The fourth-order valence-corrected chi connectivity index (χ4v) is 3.31. The highest BCUT2D eigenvalue weighted by atomic mass is 35.5. The molecule has 0 spiro atoms. The average Bonchev–Trinajstić information content (AvgIpc) is 2.46. The lowest BCUT2D eigenvalue weighted by Gasteiger charge is -2.13. The number of nitrogens with one attached hydrogen (secondary N) is 1. The number of anilines is 1. The van der Waals surface area contributed by atoms with Crippen LogP contribution in [0.25, 0.3) is 0 Å². The van der Waals surface area contributed by atoms with Crippen LogP contribution in [0.4, 0.5) is 10.1 Å². The lowest BCUT2D eigenvalue weighted by atomic mass is 10.3. The van der Waals surface area contributed by atoms with Gasteiger partial charge in [0, 0.05) is 0 Å². The van der Waals surface area contributed by atoms with Crippen LogP contribution in [0.15, 0.2) is 23.1 Å². The topological polar surface area (TPSA) is 81.2 Å². The Kier molecular flexibility index (Phi) is 5.06. The van der Waals surface area contributed by atoms with Crippen LogP contribution in [0.5, 0.6) is 6.01 Å². The molecular formula is C14H15ClFN3O3S. The molecule has 9 heteroatoms. The fraction of sp³-hybridized carbons (Fsp3) is 0.286. The first-order valence-electron chi connectivity index (χ1n) is 6.70. The Morgan fingerprint density at radius 3 is 2.39 bits per heavy atom.